The standard InChI is InChI=1S/C19H30N2O2/c1-22-17-14-16(21-11-7-4-8-12-21)18(23-2)13-15(17)19(20)9-5-3-6-10-19/h13-14H,3-12,20H2,1-2H3. The highest BCUT2D eigenvalue weighted by Gasteiger charge is 2.33. The Balaban J connectivity index is 2.00. The Labute approximate surface area is 139 Å². The normalized spacial score (nSPS) is 21.1. The van der Waals surface area contributed by atoms with Crippen LogP contribution in [-0.2, 0) is 5.54 Å². The lowest BCUT2D eigenvalue weighted by molar-refractivity contribution is 0.287. The third-order valence-electron chi connectivity index (χ3n) is 5.48. The summed E-state index contributed by atoms with van der Waals surface area (Å²) in [4.78, 5) is 2.42. The molecule has 1 aromatic carbocycles. The van der Waals surface area contributed by atoms with Gasteiger partial charge in [0.2, 0.25) is 0 Å². The molecular formula is C19H30N2O2. The molecule has 2 fully saturated rings. The molecule has 23 heavy (non-hydrogen) atoms. The number of rotatable bonds is 4. The van der Waals surface area contributed by atoms with Crippen molar-refractivity contribution in [3.8, 4) is 11.5 Å². The molecular weight excluding hydrogens is 288 g/mol. The van der Waals surface area contributed by atoms with Gasteiger partial charge in [-0.25, -0.2) is 0 Å². The molecule has 1 aliphatic heterocycles. The number of anilines is 1. The lowest BCUT2D eigenvalue weighted by Gasteiger charge is -2.36. The van der Waals surface area contributed by atoms with E-state index in [0.717, 1.165) is 48.7 Å². The zero-order chi connectivity index (χ0) is 16.3. The van der Waals surface area contributed by atoms with E-state index in [2.05, 4.69) is 17.0 Å². The number of piperidine rings is 1. The van der Waals surface area contributed by atoms with Gasteiger partial charge in [0.1, 0.15) is 11.5 Å². The molecule has 1 saturated carbocycles. The zero-order valence-corrected chi connectivity index (χ0v) is 14.6. The maximum atomic E-state index is 6.76. The smallest absolute Gasteiger partial charge is 0.142 e. The topological polar surface area (TPSA) is 47.7 Å². The van der Waals surface area contributed by atoms with E-state index < -0.39 is 0 Å². The number of ether oxygens (including phenoxy) is 2. The molecule has 0 spiro atoms. The largest absolute Gasteiger partial charge is 0.496 e. The summed E-state index contributed by atoms with van der Waals surface area (Å²) in [5.74, 6) is 1.84. The third kappa shape index (κ3) is 3.27. The summed E-state index contributed by atoms with van der Waals surface area (Å²) in [6.45, 7) is 2.18. The molecule has 2 N–H and O–H groups in total. The summed E-state index contributed by atoms with van der Waals surface area (Å²) in [5, 5.41) is 0. The van der Waals surface area contributed by atoms with Crippen molar-refractivity contribution in [2.45, 2.75) is 56.9 Å². The fraction of sp³-hybridized carbons (Fsp3) is 0.684. The third-order valence-corrected chi connectivity index (χ3v) is 5.48. The highest BCUT2D eigenvalue weighted by Crippen LogP contribution is 2.44. The summed E-state index contributed by atoms with van der Waals surface area (Å²) in [6, 6.07) is 4.27. The second-order valence-corrected chi connectivity index (χ2v) is 6.99. The van der Waals surface area contributed by atoms with E-state index in [0.29, 0.717) is 0 Å². The summed E-state index contributed by atoms with van der Waals surface area (Å²) < 4.78 is 11.5. The number of methoxy groups -OCH3 is 2. The van der Waals surface area contributed by atoms with Gasteiger partial charge < -0.3 is 20.1 Å². The van der Waals surface area contributed by atoms with Crippen LogP contribution in [0.25, 0.3) is 0 Å². The van der Waals surface area contributed by atoms with Crippen molar-refractivity contribution in [2.75, 3.05) is 32.2 Å². The minimum absolute atomic E-state index is 0.280. The van der Waals surface area contributed by atoms with E-state index in [4.69, 9.17) is 15.2 Å². The second-order valence-electron chi connectivity index (χ2n) is 6.99. The van der Waals surface area contributed by atoms with Crippen molar-refractivity contribution in [1.82, 2.24) is 0 Å². The van der Waals surface area contributed by atoms with Crippen LogP contribution in [0, 0.1) is 0 Å². The van der Waals surface area contributed by atoms with Gasteiger partial charge in [-0.1, -0.05) is 19.3 Å². The monoisotopic (exact) mass is 318 g/mol. The Morgan fingerprint density at radius 3 is 2.09 bits per heavy atom. The van der Waals surface area contributed by atoms with Crippen LogP contribution in [0.15, 0.2) is 12.1 Å². The van der Waals surface area contributed by atoms with E-state index in [1.807, 2.05) is 0 Å². The van der Waals surface area contributed by atoms with E-state index in [1.165, 1.54) is 38.5 Å². The molecule has 2 aliphatic rings. The van der Waals surface area contributed by atoms with Crippen molar-refractivity contribution in [1.29, 1.82) is 0 Å². The van der Waals surface area contributed by atoms with Crippen LogP contribution in [-0.4, -0.2) is 27.3 Å². The Morgan fingerprint density at radius 2 is 1.48 bits per heavy atom. The van der Waals surface area contributed by atoms with Gasteiger partial charge in [-0.3, -0.25) is 0 Å². The van der Waals surface area contributed by atoms with Crippen LogP contribution in [0.4, 0.5) is 5.69 Å². The Morgan fingerprint density at radius 1 is 0.870 bits per heavy atom. The number of hydrogen-bond acceptors (Lipinski definition) is 4. The first-order chi connectivity index (χ1) is 11.2. The summed E-state index contributed by atoms with van der Waals surface area (Å²) >= 11 is 0. The number of nitrogens with two attached hydrogens (primary N) is 1. The lowest BCUT2D eigenvalue weighted by Crippen LogP contribution is -2.39. The van der Waals surface area contributed by atoms with Crippen LogP contribution in [0.2, 0.25) is 0 Å². The fourth-order valence-electron chi connectivity index (χ4n) is 4.10. The molecule has 128 valence electrons. The van der Waals surface area contributed by atoms with Crippen LogP contribution in [0.5, 0.6) is 11.5 Å². The zero-order valence-electron chi connectivity index (χ0n) is 14.6. The van der Waals surface area contributed by atoms with Gasteiger partial charge in [0, 0.05) is 30.3 Å². The van der Waals surface area contributed by atoms with Gasteiger partial charge in [-0.05, 0) is 38.2 Å². The van der Waals surface area contributed by atoms with Crippen LogP contribution >= 0.6 is 0 Å². The van der Waals surface area contributed by atoms with Crippen molar-refractivity contribution in [2.24, 2.45) is 5.73 Å². The molecule has 3 rings (SSSR count). The van der Waals surface area contributed by atoms with Crippen LogP contribution < -0.4 is 20.1 Å². The summed E-state index contributed by atoms with van der Waals surface area (Å²) in [7, 11) is 3.50. The van der Waals surface area contributed by atoms with Crippen LogP contribution in [0.1, 0.15) is 56.9 Å². The molecule has 0 bridgehead atoms. The average molecular weight is 318 g/mol. The number of benzene rings is 1. The predicted molar refractivity (Wildman–Crippen MR) is 94.6 cm³/mol. The van der Waals surface area contributed by atoms with Gasteiger partial charge in [0.05, 0.1) is 19.9 Å². The molecule has 0 unspecified atom stereocenters. The van der Waals surface area contributed by atoms with E-state index in [9.17, 15) is 0 Å². The van der Waals surface area contributed by atoms with Gasteiger partial charge in [0.15, 0.2) is 0 Å². The maximum Gasteiger partial charge on any atom is 0.142 e. The van der Waals surface area contributed by atoms with Crippen LogP contribution in [0.3, 0.4) is 0 Å². The molecule has 0 radical (unpaired) electrons. The van der Waals surface area contributed by atoms with E-state index in [-0.39, 0.29) is 5.54 Å². The Hall–Kier alpha value is -1.42. The highest BCUT2D eigenvalue weighted by molar-refractivity contribution is 5.65. The summed E-state index contributed by atoms with van der Waals surface area (Å²) in [6.07, 6.45) is 9.52. The first-order valence-electron chi connectivity index (χ1n) is 8.98. The SMILES string of the molecule is COc1cc(C2(N)CCCCC2)c(OC)cc1N1CCCCC1. The van der Waals surface area contributed by atoms with Gasteiger partial charge in [-0.2, -0.15) is 0 Å². The quantitative estimate of drug-likeness (QED) is 0.917. The van der Waals surface area contributed by atoms with Crippen molar-refractivity contribution < 1.29 is 9.47 Å². The lowest BCUT2D eigenvalue weighted by atomic mass is 9.77. The minimum atomic E-state index is -0.280. The molecule has 1 heterocycles. The van der Waals surface area contributed by atoms with E-state index >= 15 is 0 Å². The molecule has 0 aromatic heterocycles. The van der Waals surface area contributed by atoms with Crippen molar-refractivity contribution in [3.63, 3.8) is 0 Å². The molecule has 1 saturated heterocycles. The molecule has 4 heteroatoms. The summed E-state index contributed by atoms with van der Waals surface area (Å²) in [5.41, 5.74) is 8.73. The Bertz CT molecular complexity index is 532. The molecule has 1 aliphatic carbocycles. The van der Waals surface area contributed by atoms with Crippen molar-refractivity contribution in [3.05, 3.63) is 17.7 Å². The van der Waals surface area contributed by atoms with Gasteiger partial charge >= 0.3 is 0 Å². The first-order valence-corrected chi connectivity index (χ1v) is 8.98. The first kappa shape index (κ1) is 16.4. The second kappa shape index (κ2) is 7.00. The number of hydrogen-bond donors (Lipinski definition) is 1. The molecule has 0 amide bonds. The minimum Gasteiger partial charge on any atom is -0.496 e. The average Bonchev–Trinajstić information content (AvgIpc) is 2.62. The van der Waals surface area contributed by atoms with Gasteiger partial charge in [-0.15, -0.1) is 0 Å². The van der Waals surface area contributed by atoms with E-state index in [1.54, 1.807) is 14.2 Å². The predicted octanol–water partition coefficient (Wildman–Crippen LogP) is 3.81. The van der Waals surface area contributed by atoms with Crippen molar-refractivity contribution >= 4 is 5.69 Å². The number of nitrogens with zero attached hydrogens (tertiary/aromatic N) is 1. The maximum absolute atomic E-state index is 6.76. The Kier molecular flexibility index (Phi) is 5.00. The highest BCUT2D eigenvalue weighted by atomic mass is 16.5. The fourth-order valence-corrected chi connectivity index (χ4v) is 4.10. The van der Waals surface area contributed by atoms with Gasteiger partial charge in [0.25, 0.3) is 0 Å². The molecule has 0 atom stereocenters. The molecule has 4 nitrogen and oxygen atoms in total. The molecule has 1 aromatic rings.